The number of benzene rings is 1. The number of halogens is 1. The van der Waals surface area contributed by atoms with E-state index >= 15 is 0 Å². The Morgan fingerprint density at radius 1 is 1.19 bits per heavy atom. The summed E-state index contributed by atoms with van der Waals surface area (Å²) in [6.07, 6.45) is 4.76. The van der Waals surface area contributed by atoms with E-state index in [2.05, 4.69) is 10.1 Å². The Kier molecular flexibility index (Phi) is 5.03. The molecule has 0 radical (unpaired) electrons. The summed E-state index contributed by atoms with van der Waals surface area (Å²) in [6.45, 7) is 1.08. The number of piperidine rings is 1. The van der Waals surface area contributed by atoms with E-state index in [0.717, 1.165) is 37.1 Å². The molecule has 1 aliphatic carbocycles. The zero-order chi connectivity index (χ0) is 18.1. The minimum Gasteiger partial charge on any atom is -0.339 e. The molecule has 2 heterocycles. The first-order valence-corrected chi connectivity index (χ1v) is 11.0. The van der Waals surface area contributed by atoms with E-state index in [1.54, 1.807) is 28.6 Å². The van der Waals surface area contributed by atoms with Crippen molar-refractivity contribution in [3.8, 4) is 0 Å². The first-order chi connectivity index (χ1) is 12.5. The topological polar surface area (TPSA) is 76.3 Å². The molecule has 8 heteroatoms. The summed E-state index contributed by atoms with van der Waals surface area (Å²) in [5.74, 6) is 2.13. The number of rotatable bonds is 6. The quantitative estimate of drug-likeness (QED) is 0.749. The standard InChI is InChI=1S/C18H22ClN3O3S/c19-16-7-3-13(4-8-16)12-26(23,24)22-9-1-2-14(11-22)10-17-20-18(21-25-17)15-5-6-15/h3-4,7-8,14-15H,1-2,5-6,9-12H2/t14-/m0/s1. The molecule has 26 heavy (non-hydrogen) atoms. The van der Waals surface area contributed by atoms with E-state index in [0.29, 0.717) is 36.3 Å². The highest BCUT2D eigenvalue weighted by atomic mass is 35.5. The lowest BCUT2D eigenvalue weighted by Crippen LogP contribution is -2.41. The third kappa shape index (κ3) is 4.27. The summed E-state index contributed by atoms with van der Waals surface area (Å²) in [5, 5.41) is 4.65. The average molecular weight is 396 g/mol. The van der Waals surface area contributed by atoms with Crippen LogP contribution < -0.4 is 0 Å². The molecular formula is C18H22ClN3O3S. The van der Waals surface area contributed by atoms with Gasteiger partial charge in [-0.25, -0.2) is 12.7 Å². The highest BCUT2D eigenvalue weighted by molar-refractivity contribution is 7.88. The third-order valence-corrected chi connectivity index (χ3v) is 7.10. The summed E-state index contributed by atoms with van der Waals surface area (Å²) in [5.41, 5.74) is 0.752. The van der Waals surface area contributed by atoms with Crippen LogP contribution in [0.4, 0.5) is 0 Å². The van der Waals surface area contributed by atoms with Crippen molar-refractivity contribution in [3.63, 3.8) is 0 Å². The van der Waals surface area contributed by atoms with Gasteiger partial charge in [-0.2, -0.15) is 4.98 Å². The van der Waals surface area contributed by atoms with Gasteiger partial charge >= 0.3 is 0 Å². The van der Waals surface area contributed by atoms with E-state index in [9.17, 15) is 8.42 Å². The zero-order valence-electron chi connectivity index (χ0n) is 14.5. The van der Waals surface area contributed by atoms with Crippen molar-refractivity contribution in [2.75, 3.05) is 13.1 Å². The minimum absolute atomic E-state index is 0.00325. The Labute approximate surface area is 158 Å². The molecule has 1 aromatic heterocycles. The lowest BCUT2D eigenvalue weighted by atomic mass is 9.96. The van der Waals surface area contributed by atoms with Crippen LogP contribution in [0.25, 0.3) is 0 Å². The Hall–Kier alpha value is -1.44. The van der Waals surface area contributed by atoms with Crippen molar-refractivity contribution in [1.29, 1.82) is 0 Å². The van der Waals surface area contributed by atoms with Gasteiger partial charge in [-0.15, -0.1) is 0 Å². The minimum atomic E-state index is -3.35. The van der Waals surface area contributed by atoms with Gasteiger partial charge in [0.1, 0.15) is 0 Å². The van der Waals surface area contributed by atoms with Crippen LogP contribution in [0.5, 0.6) is 0 Å². The van der Waals surface area contributed by atoms with E-state index in [4.69, 9.17) is 16.1 Å². The van der Waals surface area contributed by atoms with Crippen molar-refractivity contribution in [3.05, 3.63) is 46.6 Å². The van der Waals surface area contributed by atoms with Crippen LogP contribution in [0.1, 0.15) is 48.9 Å². The molecule has 2 fully saturated rings. The fourth-order valence-electron chi connectivity index (χ4n) is 3.43. The fraction of sp³-hybridized carbons (Fsp3) is 0.556. The molecule has 1 atom stereocenters. The molecule has 1 saturated carbocycles. The SMILES string of the molecule is O=S(=O)(Cc1ccc(Cl)cc1)N1CCC[C@@H](Cc2nc(C3CC3)no2)C1. The predicted molar refractivity (Wildman–Crippen MR) is 98.3 cm³/mol. The van der Waals surface area contributed by atoms with Crippen LogP contribution in [0.15, 0.2) is 28.8 Å². The summed E-state index contributed by atoms with van der Waals surface area (Å²) in [7, 11) is -3.35. The molecule has 0 spiro atoms. The molecule has 0 unspecified atom stereocenters. The van der Waals surface area contributed by atoms with Crippen LogP contribution in [0.3, 0.4) is 0 Å². The summed E-state index contributed by atoms with van der Waals surface area (Å²) in [4.78, 5) is 4.47. The first-order valence-electron chi connectivity index (χ1n) is 9.04. The molecule has 1 saturated heterocycles. The van der Waals surface area contributed by atoms with Crippen molar-refractivity contribution in [2.24, 2.45) is 5.92 Å². The van der Waals surface area contributed by atoms with Crippen molar-refractivity contribution < 1.29 is 12.9 Å². The van der Waals surface area contributed by atoms with Crippen LogP contribution in [-0.4, -0.2) is 36.0 Å². The summed E-state index contributed by atoms with van der Waals surface area (Å²) in [6, 6.07) is 6.97. The average Bonchev–Trinajstić information content (AvgIpc) is 3.37. The Balaban J connectivity index is 1.39. The molecule has 2 aromatic rings. The van der Waals surface area contributed by atoms with Gasteiger partial charge < -0.3 is 4.52 Å². The number of nitrogens with zero attached hydrogens (tertiary/aromatic N) is 3. The number of aromatic nitrogens is 2. The first kappa shape index (κ1) is 17.9. The van der Waals surface area contributed by atoms with Crippen LogP contribution in [0, 0.1) is 5.92 Å². The highest BCUT2D eigenvalue weighted by Gasteiger charge is 2.32. The molecule has 6 nitrogen and oxygen atoms in total. The molecule has 140 valence electrons. The molecular weight excluding hydrogens is 374 g/mol. The maximum atomic E-state index is 12.8. The van der Waals surface area contributed by atoms with Crippen molar-refractivity contribution in [1.82, 2.24) is 14.4 Å². The number of hydrogen-bond donors (Lipinski definition) is 0. The normalized spacial score (nSPS) is 21.8. The van der Waals surface area contributed by atoms with E-state index < -0.39 is 10.0 Å². The largest absolute Gasteiger partial charge is 0.339 e. The monoisotopic (exact) mass is 395 g/mol. The van der Waals surface area contributed by atoms with E-state index in [-0.39, 0.29) is 11.7 Å². The fourth-order valence-corrected chi connectivity index (χ4v) is 5.20. The van der Waals surface area contributed by atoms with Crippen LogP contribution in [0.2, 0.25) is 5.02 Å². The number of hydrogen-bond acceptors (Lipinski definition) is 5. The highest BCUT2D eigenvalue weighted by Crippen LogP contribution is 2.38. The molecule has 0 bridgehead atoms. The second-order valence-electron chi connectivity index (χ2n) is 7.27. The van der Waals surface area contributed by atoms with Gasteiger partial charge in [0.25, 0.3) is 0 Å². The zero-order valence-corrected chi connectivity index (χ0v) is 16.0. The van der Waals surface area contributed by atoms with Gasteiger partial charge in [-0.05, 0) is 49.3 Å². The molecule has 1 aromatic carbocycles. The van der Waals surface area contributed by atoms with E-state index in [1.165, 1.54) is 0 Å². The van der Waals surface area contributed by atoms with Gasteiger partial charge in [0.2, 0.25) is 15.9 Å². The maximum absolute atomic E-state index is 12.8. The van der Waals surface area contributed by atoms with Gasteiger partial charge in [0.15, 0.2) is 5.82 Å². The maximum Gasteiger partial charge on any atom is 0.226 e. The Morgan fingerprint density at radius 2 is 1.96 bits per heavy atom. The second-order valence-corrected chi connectivity index (χ2v) is 9.68. The Bertz CT molecular complexity index is 862. The van der Waals surface area contributed by atoms with Gasteiger partial charge in [-0.3, -0.25) is 0 Å². The molecule has 1 aliphatic heterocycles. The van der Waals surface area contributed by atoms with Gasteiger partial charge in [0.05, 0.1) is 5.75 Å². The lowest BCUT2D eigenvalue weighted by Gasteiger charge is -2.31. The molecule has 0 N–H and O–H groups in total. The van der Waals surface area contributed by atoms with Crippen molar-refractivity contribution in [2.45, 2.75) is 43.8 Å². The molecule has 2 aliphatic rings. The Morgan fingerprint density at radius 3 is 2.69 bits per heavy atom. The lowest BCUT2D eigenvalue weighted by molar-refractivity contribution is 0.246. The summed E-state index contributed by atoms with van der Waals surface area (Å²) >= 11 is 5.87. The number of sulfonamides is 1. The predicted octanol–water partition coefficient (Wildman–Crippen LogP) is 3.38. The molecule has 0 amide bonds. The van der Waals surface area contributed by atoms with E-state index in [1.807, 2.05) is 0 Å². The smallest absolute Gasteiger partial charge is 0.226 e. The second kappa shape index (κ2) is 7.29. The summed E-state index contributed by atoms with van der Waals surface area (Å²) < 4.78 is 32.5. The molecule has 4 rings (SSSR count). The van der Waals surface area contributed by atoms with Crippen LogP contribution in [-0.2, 0) is 22.2 Å². The van der Waals surface area contributed by atoms with Gasteiger partial charge in [0, 0.05) is 30.5 Å². The third-order valence-electron chi connectivity index (χ3n) is 5.03. The van der Waals surface area contributed by atoms with Crippen molar-refractivity contribution >= 4 is 21.6 Å². The van der Waals surface area contributed by atoms with Gasteiger partial charge in [-0.1, -0.05) is 28.9 Å². The van der Waals surface area contributed by atoms with Crippen LogP contribution >= 0.6 is 11.6 Å².